The van der Waals surface area contributed by atoms with Crippen molar-refractivity contribution >= 4 is 28.2 Å². The van der Waals surface area contributed by atoms with E-state index < -0.39 is 0 Å². The average molecular weight is 271 g/mol. The molecule has 0 N–H and O–H groups in total. The largest absolute Gasteiger partial charge is 0.377 e. The Morgan fingerprint density at radius 2 is 2.18 bits per heavy atom. The maximum absolute atomic E-state index is 5.61. The molecule has 17 heavy (non-hydrogen) atoms. The predicted molar refractivity (Wildman–Crippen MR) is 71.1 cm³/mol. The summed E-state index contributed by atoms with van der Waals surface area (Å²) in [5, 5.41) is 9.63. The Balaban J connectivity index is 1.52. The summed E-state index contributed by atoms with van der Waals surface area (Å²) in [6.07, 6.45) is 5.42. The molecule has 4 nitrogen and oxygen atoms in total. The van der Waals surface area contributed by atoms with Crippen LogP contribution in [0.1, 0.15) is 25.7 Å². The Morgan fingerprint density at radius 3 is 2.94 bits per heavy atom. The first kappa shape index (κ1) is 11.7. The van der Waals surface area contributed by atoms with E-state index in [0.717, 1.165) is 34.9 Å². The highest BCUT2D eigenvalue weighted by Crippen LogP contribution is 2.31. The zero-order valence-corrected chi connectivity index (χ0v) is 11.4. The summed E-state index contributed by atoms with van der Waals surface area (Å²) in [4.78, 5) is 2.34. The standard InChI is InChI=1S/C11H17N3OS2/c1-2-6-14(5-1)10-12-13-11(17-10)16-8-9-4-3-7-15-9/h9H,1-8H2. The Kier molecular flexibility index (Phi) is 3.83. The van der Waals surface area contributed by atoms with Gasteiger partial charge >= 0.3 is 0 Å². The SMILES string of the molecule is C1COC(CSc2nnc(N3CCCC3)s2)C1. The van der Waals surface area contributed by atoms with E-state index in [1.807, 2.05) is 0 Å². The van der Waals surface area contributed by atoms with Crippen LogP contribution in [0.15, 0.2) is 4.34 Å². The van der Waals surface area contributed by atoms with Crippen LogP contribution in [0.5, 0.6) is 0 Å². The van der Waals surface area contributed by atoms with E-state index in [-0.39, 0.29) is 0 Å². The number of hydrogen-bond acceptors (Lipinski definition) is 6. The molecule has 0 aliphatic carbocycles. The van der Waals surface area contributed by atoms with Crippen molar-refractivity contribution in [2.24, 2.45) is 0 Å². The number of hydrogen-bond donors (Lipinski definition) is 0. The molecule has 2 fully saturated rings. The Hall–Kier alpha value is -0.330. The maximum Gasteiger partial charge on any atom is 0.209 e. The van der Waals surface area contributed by atoms with Crippen LogP contribution in [0.2, 0.25) is 0 Å². The molecule has 0 bridgehead atoms. The van der Waals surface area contributed by atoms with Crippen LogP contribution in [-0.2, 0) is 4.74 Å². The summed E-state index contributed by atoms with van der Waals surface area (Å²) in [5.41, 5.74) is 0. The highest BCUT2D eigenvalue weighted by atomic mass is 32.2. The number of nitrogens with zero attached hydrogens (tertiary/aromatic N) is 3. The second-order valence-electron chi connectivity index (χ2n) is 4.49. The molecular formula is C11H17N3OS2. The monoisotopic (exact) mass is 271 g/mol. The van der Waals surface area contributed by atoms with E-state index in [1.54, 1.807) is 23.1 Å². The molecule has 2 saturated heterocycles. The van der Waals surface area contributed by atoms with E-state index in [4.69, 9.17) is 4.74 Å². The van der Waals surface area contributed by atoms with Gasteiger partial charge in [-0.2, -0.15) is 0 Å². The van der Waals surface area contributed by atoms with Gasteiger partial charge in [0, 0.05) is 25.4 Å². The number of rotatable bonds is 4. The van der Waals surface area contributed by atoms with Crippen LogP contribution in [0, 0.1) is 0 Å². The van der Waals surface area contributed by atoms with E-state index in [0.29, 0.717) is 6.10 Å². The van der Waals surface area contributed by atoms with Gasteiger partial charge in [0.15, 0.2) is 4.34 Å². The summed E-state index contributed by atoms with van der Waals surface area (Å²) >= 11 is 3.52. The lowest BCUT2D eigenvalue weighted by molar-refractivity contribution is 0.129. The Morgan fingerprint density at radius 1 is 1.29 bits per heavy atom. The second-order valence-corrected chi connectivity index (χ2v) is 6.71. The fourth-order valence-corrected chi connectivity index (χ4v) is 4.22. The van der Waals surface area contributed by atoms with Crippen LogP contribution in [-0.4, -0.2) is 41.8 Å². The van der Waals surface area contributed by atoms with E-state index in [1.165, 1.54) is 25.7 Å². The van der Waals surface area contributed by atoms with Crippen LogP contribution in [0.4, 0.5) is 5.13 Å². The molecule has 94 valence electrons. The fraction of sp³-hybridized carbons (Fsp3) is 0.818. The van der Waals surface area contributed by atoms with Gasteiger partial charge < -0.3 is 9.64 Å². The van der Waals surface area contributed by atoms with Gasteiger partial charge in [0.1, 0.15) is 0 Å². The van der Waals surface area contributed by atoms with Crippen molar-refractivity contribution in [2.45, 2.75) is 36.1 Å². The van der Waals surface area contributed by atoms with E-state index >= 15 is 0 Å². The van der Waals surface area contributed by atoms with Crippen molar-refractivity contribution < 1.29 is 4.74 Å². The van der Waals surface area contributed by atoms with Crippen molar-refractivity contribution in [2.75, 3.05) is 30.3 Å². The molecule has 6 heteroatoms. The molecule has 1 aromatic heterocycles. The van der Waals surface area contributed by atoms with E-state index in [2.05, 4.69) is 15.1 Å². The first-order valence-electron chi connectivity index (χ1n) is 6.25. The second kappa shape index (κ2) is 5.54. The third-order valence-electron chi connectivity index (χ3n) is 3.19. The van der Waals surface area contributed by atoms with Crippen molar-refractivity contribution in [3.8, 4) is 0 Å². The smallest absolute Gasteiger partial charge is 0.209 e. The molecule has 0 aromatic carbocycles. The molecule has 1 atom stereocenters. The van der Waals surface area contributed by atoms with Gasteiger partial charge in [-0.3, -0.25) is 0 Å². The normalized spacial score (nSPS) is 24.7. The molecule has 3 rings (SSSR count). The Bertz CT molecular complexity index is 359. The molecule has 1 aromatic rings. The van der Waals surface area contributed by atoms with Gasteiger partial charge in [-0.05, 0) is 25.7 Å². The van der Waals surface area contributed by atoms with Crippen molar-refractivity contribution in [3.63, 3.8) is 0 Å². The summed E-state index contributed by atoms with van der Waals surface area (Å²) in [7, 11) is 0. The van der Waals surface area contributed by atoms with Crippen LogP contribution in [0.25, 0.3) is 0 Å². The number of thioether (sulfide) groups is 1. The quantitative estimate of drug-likeness (QED) is 0.786. The molecule has 1 unspecified atom stereocenters. The number of aromatic nitrogens is 2. The minimum atomic E-state index is 0.430. The van der Waals surface area contributed by atoms with Gasteiger partial charge in [-0.25, -0.2) is 0 Å². The van der Waals surface area contributed by atoms with E-state index in [9.17, 15) is 0 Å². The van der Waals surface area contributed by atoms with Crippen molar-refractivity contribution in [1.82, 2.24) is 10.2 Å². The molecule has 0 amide bonds. The molecule has 2 aliphatic rings. The first-order chi connectivity index (χ1) is 8.42. The summed E-state index contributed by atoms with van der Waals surface area (Å²) in [5.74, 6) is 1.02. The third-order valence-corrected chi connectivity index (χ3v) is 5.44. The van der Waals surface area contributed by atoms with Crippen LogP contribution in [0.3, 0.4) is 0 Å². The topological polar surface area (TPSA) is 38.3 Å². The highest BCUT2D eigenvalue weighted by Gasteiger charge is 2.19. The van der Waals surface area contributed by atoms with Crippen LogP contribution < -0.4 is 4.90 Å². The minimum Gasteiger partial charge on any atom is -0.377 e. The van der Waals surface area contributed by atoms with Gasteiger partial charge in [-0.1, -0.05) is 23.1 Å². The molecule has 0 saturated carbocycles. The summed E-state index contributed by atoms with van der Waals surface area (Å²) in [6, 6.07) is 0. The summed E-state index contributed by atoms with van der Waals surface area (Å²) in [6.45, 7) is 3.22. The Labute approximate surface area is 110 Å². The highest BCUT2D eigenvalue weighted by molar-refractivity contribution is 8.01. The predicted octanol–water partition coefficient (Wildman–Crippen LogP) is 2.41. The van der Waals surface area contributed by atoms with Gasteiger partial charge in [0.2, 0.25) is 5.13 Å². The molecular weight excluding hydrogens is 254 g/mol. The van der Waals surface area contributed by atoms with Crippen molar-refractivity contribution in [3.05, 3.63) is 0 Å². The molecule has 0 radical (unpaired) electrons. The molecule has 0 spiro atoms. The van der Waals surface area contributed by atoms with Gasteiger partial charge in [-0.15, -0.1) is 10.2 Å². The van der Waals surface area contributed by atoms with Gasteiger partial charge in [0.25, 0.3) is 0 Å². The zero-order chi connectivity index (χ0) is 11.5. The van der Waals surface area contributed by atoms with Crippen molar-refractivity contribution in [1.29, 1.82) is 0 Å². The first-order valence-corrected chi connectivity index (χ1v) is 8.05. The number of ether oxygens (including phenoxy) is 1. The summed E-state index contributed by atoms with van der Waals surface area (Å²) < 4.78 is 6.69. The lowest BCUT2D eigenvalue weighted by Crippen LogP contribution is -2.17. The van der Waals surface area contributed by atoms with Gasteiger partial charge in [0.05, 0.1) is 6.10 Å². The van der Waals surface area contributed by atoms with Crippen LogP contribution >= 0.6 is 23.1 Å². The molecule has 2 aliphatic heterocycles. The lowest BCUT2D eigenvalue weighted by Gasteiger charge is -2.11. The molecule has 3 heterocycles. The fourth-order valence-electron chi connectivity index (χ4n) is 2.24. The maximum atomic E-state index is 5.61. The third kappa shape index (κ3) is 2.92. The minimum absolute atomic E-state index is 0.430. The lowest BCUT2D eigenvalue weighted by atomic mass is 10.3. The number of anilines is 1. The zero-order valence-electron chi connectivity index (χ0n) is 9.80. The average Bonchev–Trinajstić information content (AvgIpc) is 3.09.